The fourth-order valence-electron chi connectivity index (χ4n) is 3.45. The fourth-order valence-corrected chi connectivity index (χ4v) is 4.10. The normalized spacial score (nSPS) is 11.6. The van der Waals surface area contributed by atoms with Crippen LogP contribution < -0.4 is 15.8 Å². The van der Waals surface area contributed by atoms with Gasteiger partial charge < -0.3 is 20.4 Å². The zero-order valence-corrected chi connectivity index (χ0v) is 21.2. The standard InChI is InChI=1S/C23H30N6O5S/c1-6-17-20(21(22(24)30)27-29(17)12-19-25-9-10-28(19)4)26-23(31)16-11-15(35(5,32)33)7-8-18(16)34-13-14(2)3/h7-11,14H,6,12-13H2,1-5H3,(H2,24,30)(H,26,31). The van der Waals surface area contributed by atoms with Crippen LogP contribution in [0.4, 0.5) is 5.69 Å². The van der Waals surface area contributed by atoms with Gasteiger partial charge in [-0.3, -0.25) is 14.3 Å². The first-order valence-corrected chi connectivity index (χ1v) is 12.9. The number of carbonyl (C=O) groups excluding carboxylic acids is 2. The molecule has 35 heavy (non-hydrogen) atoms. The van der Waals surface area contributed by atoms with E-state index < -0.39 is 21.7 Å². The van der Waals surface area contributed by atoms with Gasteiger partial charge in [-0.15, -0.1) is 0 Å². The molecule has 3 aromatic rings. The molecule has 0 unspecified atom stereocenters. The number of nitrogens with two attached hydrogens (primary N) is 1. The monoisotopic (exact) mass is 502 g/mol. The Hall–Kier alpha value is -3.67. The van der Waals surface area contributed by atoms with E-state index in [-0.39, 0.29) is 40.1 Å². The molecule has 0 spiro atoms. The molecule has 0 aliphatic rings. The highest BCUT2D eigenvalue weighted by atomic mass is 32.2. The summed E-state index contributed by atoms with van der Waals surface area (Å²) < 4.78 is 33.4. The average Bonchev–Trinajstić information content (AvgIpc) is 3.34. The maximum absolute atomic E-state index is 13.4. The number of ether oxygens (including phenoxy) is 1. The number of hydrogen-bond donors (Lipinski definition) is 2. The predicted molar refractivity (Wildman–Crippen MR) is 130 cm³/mol. The highest BCUT2D eigenvalue weighted by Crippen LogP contribution is 2.27. The van der Waals surface area contributed by atoms with Crippen LogP contribution in [0.5, 0.6) is 5.75 Å². The first kappa shape index (κ1) is 25.9. The Morgan fingerprint density at radius 2 is 1.97 bits per heavy atom. The van der Waals surface area contributed by atoms with Crippen molar-refractivity contribution in [1.82, 2.24) is 19.3 Å². The second-order valence-electron chi connectivity index (χ2n) is 8.59. The van der Waals surface area contributed by atoms with Gasteiger partial charge in [-0.25, -0.2) is 13.4 Å². The third-order valence-corrected chi connectivity index (χ3v) is 6.38. The molecule has 1 aromatic carbocycles. The lowest BCUT2D eigenvalue weighted by atomic mass is 10.1. The number of anilines is 1. The van der Waals surface area contributed by atoms with Gasteiger partial charge in [-0.05, 0) is 30.5 Å². The zero-order valence-electron chi connectivity index (χ0n) is 20.4. The minimum absolute atomic E-state index is 0.0166. The lowest BCUT2D eigenvalue weighted by Crippen LogP contribution is -2.20. The molecular weight excluding hydrogens is 472 g/mol. The fraction of sp³-hybridized carbons (Fsp3) is 0.391. The summed E-state index contributed by atoms with van der Waals surface area (Å²) in [5, 5.41) is 7.05. The van der Waals surface area contributed by atoms with Crippen molar-refractivity contribution in [3.8, 4) is 5.75 Å². The van der Waals surface area contributed by atoms with Crippen LogP contribution in [0, 0.1) is 5.92 Å². The van der Waals surface area contributed by atoms with Gasteiger partial charge in [0, 0.05) is 25.7 Å². The third kappa shape index (κ3) is 5.88. The summed E-state index contributed by atoms with van der Waals surface area (Å²) in [6, 6.07) is 4.10. The number of benzene rings is 1. The molecule has 0 saturated heterocycles. The Morgan fingerprint density at radius 3 is 2.51 bits per heavy atom. The Morgan fingerprint density at radius 1 is 1.26 bits per heavy atom. The summed E-state index contributed by atoms with van der Waals surface area (Å²) in [5.41, 5.74) is 6.22. The van der Waals surface area contributed by atoms with E-state index in [9.17, 15) is 18.0 Å². The molecule has 0 aliphatic carbocycles. The highest BCUT2D eigenvalue weighted by Gasteiger charge is 2.25. The van der Waals surface area contributed by atoms with E-state index in [0.717, 1.165) is 6.26 Å². The second kappa shape index (κ2) is 10.3. The number of primary amides is 1. The van der Waals surface area contributed by atoms with Crippen LogP contribution in [0.25, 0.3) is 0 Å². The number of aryl methyl sites for hydroxylation is 1. The molecule has 0 saturated carbocycles. The van der Waals surface area contributed by atoms with Gasteiger partial charge in [0.1, 0.15) is 11.6 Å². The summed E-state index contributed by atoms with van der Waals surface area (Å²) in [6.45, 7) is 6.34. The number of hydrogen-bond acceptors (Lipinski definition) is 7. The molecular formula is C23H30N6O5S. The minimum atomic E-state index is -3.58. The van der Waals surface area contributed by atoms with Crippen molar-refractivity contribution in [2.75, 3.05) is 18.2 Å². The van der Waals surface area contributed by atoms with E-state index in [0.29, 0.717) is 24.5 Å². The van der Waals surface area contributed by atoms with Crippen LogP contribution in [0.1, 0.15) is 53.1 Å². The molecule has 3 rings (SSSR count). The number of nitrogens with one attached hydrogen (secondary N) is 1. The summed E-state index contributed by atoms with van der Waals surface area (Å²) in [6.07, 6.45) is 4.92. The van der Waals surface area contributed by atoms with Crippen molar-refractivity contribution < 1.29 is 22.7 Å². The topological polar surface area (TPSA) is 151 Å². The van der Waals surface area contributed by atoms with Crippen LogP contribution in [-0.4, -0.2) is 52.4 Å². The maximum Gasteiger partial charge on any atom is 0.271 e. The lowest BCUT2D eigenvalue weighted by Gasteiger charge is -2.15. The third-order valence-electron chi connectivity index (χ3n) is 5.27. The van der Waals surface area contributed by atoms with Crippen molar-refractivity contribution >= 4 is 27.3 Å². The molecule has 2 aromatic heterocycles. The first-order valence-electron chi connectivity index (χ1n) is 11.1. The number of amides is 2. The largest absolute Gasteiger partial charge is 0.492 e. The van der Waals surface area contributed by atoms with Gasteiger partial charge in [-0.1, -0.05) is 20.8 Å². The van der Waals surface area contributed by atoms with Crippen LogP contribution >= 0.6 is 0 Å². The van der Waals surface area contributed by atoms with Crippen molar-refractivity contribution in [3.05, 3.63) is 53.4 Å². The molecule has 0 radical (unpaired) electrons. The summed E-state index contributed by atoms with van der Waals surface area (Å²) in [4.78, 5) is 29.8. The molecule has 2 heterocycles. The van der Waals surface area contributed by atoms with Crippen molar-refractivity contribution in [2.24, 2.45) is 18.7 Å². The molecule has 3 N–H and O–H groups in total. The van der Waals surface area contributed by atoms with E-state index >= 15 is 0 Å². The number of aromatic nitrogens is 4. The molecule has 0 atom stereocenters. The molecule has 0 fully saturated rings. The summed E-state index contributed by atoms with van der Waals surface area (Å²) in [7, 11) is -1.74. The first-order chi connectivity index (χ1) is 16.4. The smallest absolute Gasteiger partial charge is 0.271 e. The van der Waals surface area contributed by atoms with E-state index in [1.54, 1.807) is 17.1 Å². The SMILES string of the molecule is CCc1c(NC(=O)c2cc(S(C)(=O)=O)ccc2OCC(C)C)c(C(N)=O)nn1Cc1nccn1C. The molecule has 11 nitrogen and oxygen atoms in total. The lowest BCUT2D eigenvalue weighted by molar-refractivity contribution is 0.0995. The zero-order chi connectivity index (χ0) is 25.9. The van der Waals surface area contributed by atoms with Crippen LogP contribution in [0.15, 0.2) is 35.5 Å². The maximum atomic E-state index is 13.4. The van der Waals surface area contributed by atoms with E-state index in [1.165, 1.54) is 18.2 Å². The number of imidazole rings is 1. The van der Waals surface area contributed by atoms with Gasteiger partial charge in [-0.2, -0.15) is 5.10 Å². The molecule has 0 bridgehead atoms. The summed E-state index contributed by atoms with van der Waals surface area (Å²) >= 11 is 0. The Labute approximate surface area is 204 Å². The average molecular weight is 503 g/mol. The predicted octanol–water partition coefficient (Wildman–Crippen LogP) is 2.02. The highest BCUT2D eigenvalue weighted by molar-refractivity contribution is 7.90. The molecule has 0 aliphatic heterocycles. The Kier molecular flexibility index (Phi) is 7.64. The van der Waals surface area contributed by atoms with E-state index in [2.05, 4.69) is 15.4 Å². The van der Waals surface area contributed by atoms with Crippen LogP contribution in [0.2, 0.25) is 0 Å². The number of carbonyl (C=O) groups is 2. The minimum Gasteiger partial charge on any atom is -0.492 e. The molecule has 188 valence electrons. The second-order valence-corrected chi connectivity index (χ2v) is 10.6. The number of rotatable bonds is 10. The van der Waals surface area contributed by atoms with E-state index in [4.69, 9.17) is 10.5 Å². The van der Waals surface area contributed by atoms with Crippen molar-refractivity contribution in [2.45, 2.75) is 38.6 Å². The van der Waals surface area contributed by atoms with E-state index in [1.807, 2.05) is 32.4 Å². The molecule has 12 heteroatoms. The van der Waals surface area contributed by atoms with Gasteiger partial charge in [0.05, 0.1) is 35.0 Å². The van der Waals surface area contributed by atoms with Crippen molar-refractivity contribution in [1.29, 1.82) is 0 Å². The van der Waals surface area contributed by atoms with Gasteiger partial charge in [0.25, 0.3) is 11.8 Å². The Balaban J connectivity index is 2.05. The number of sulfone groups is 1. The van der Waals surface area contributed by atoms with Gasteiger partial charge >= 0.3 is 0 Å². The quantitative estimate of drug-likeness (QED) is 0.430. The Bertz CT molecular complexity index is 1360. The summed E-state index contributed by atoms with van der Waals surface area (Å²) in [5.74, 6) is -0.361. The van der Waals surface area contributed by atoms with Gasteiger partial charge in [0.2, 0.25) is 0 Å². The van der Waals surface area contributed by atoms with Crippen LogP contribution in [-0.2, 0) is 29.9 Å². The van der Waals surface area contributed by atoms with Crippen molar-refractivity contribution in [3.63, 3.8) is 0 Å². The number of nitrogens with zero attached hydrogens (tertiary/aromatic N) is 4. The van der Waals surface area contributed by atoms with Gasteiger partial charge in [0.15, 0.2) is 15.5 Å². The van der Waals surface area contributed by atoms with Crippen LogP contribution in [0.3, 0.4) is 0 Å². The molecule has 2 amide bonds.